The van der Waals surface area contributed by atoms with Gasteiger partial charge in [-0.15, -0.1) is 0 Å². The number of rotatable bonds is 5. The molecule has 18 heavy (non-hydrogen) atoms. The van der Waals surface area contributed by atoms with Crippen LogP contribution in [0, 0.1) is 0 Å². The molecule has 0 radical (unpaired) electrons. The number of halogens is 1. The van der Waals surface area contributed by atoms with Gasteiger partial charge in [0.05, 0.1) is 24.6 Å². The van der Waals surface area contributed by atoms with E-state index in [1.165, 1.54) is 24.3 Å². The molecule has 9 heteroatoms. The van der Waals surface area contributed by atoms with Crippen LogP contribution in [0.4, 0.5) is 5.69 Å². The summed E-state index contributed by atoms with van der Waals surface area (Å²) in [5.74, 6) is 0. The van der Waals surface area contributed by atoms with Crippen molar-refractivity contribution in [2.75, 3.05) is 16.6 Å². The molecule has 0 amide bonds. The molecule has 0 saturated carbocycles. The SMILES string of the molecule is CS(=O)(=O)N(Cl)c1ccc(C(O)CN=[N+]=[N-])cc1. The summed E-state index contributed by atoms with van der Waals surface area (Å²) in [5.41, 5.74) is 8.89. The van der Waals surface area contributed by atoms with Crippen LogP contribution < -0.4 is 3.82 Å². The van der Waals surface area contributed by atoms with Crippen LogP contribution in [0.15, 0.2) is 29.4 Å². The molecule has 0 bridgehead atoms. The van der Waals surface area contributed by atoms with Crippen molar-refractivity contribution in [1.29, 1.82) is 0 Å². The van der Waals surface area contributed by atoms with Crippen LogP contribution in [0.25, 0.3) is 10.4 Å². The number of aliphatic hydroxyl groups is 1. The summed E-state index contributed by atoms with van der Waals surface area (Å²) in [5, 5.41) is 12.9. The standard InChI is InChI=1S/C9H11ClN4O3S/c1-18(16,17)14(10)8-4-2-7(3-5-8)9(15)6-12-13-11/h2-5,9,15H,6H2,1H3. The zero-order chi connectivity index (χ0) is 13.8. The molecule has 7 nitrogen and oxygen atoms in total. The van der Waals surface area contributed by atoms with Gasteiger partial charge < -0.3 is 5.11 Å². The van der Waals surface area contributed by atoms with Crippen LogP contribution in [0.5, 0.6) is 0 Å². The number of anilines is 1. The maximum Gasteiger partial charge on any atom is 0.246 e. The topological polar surface area (TPSA) is 106 Å². The molecular formula is C9H11ClN4O3S. The van der Waals surface area contributed by atoms with Crippen molar-refractivity contribution in [1.82, 2.24) is 0 Å². The summed E-state index contributed by atoms with van der Waals surface area (Å²) in [6, 6.07) is 5.91. The van der Waals surface area contributed by atoms with Gasteiger partial charge >= 0.3 is 0 Å². The van der Waals surface area contributed by atoms with Gasteiger partial charge in [-0.2, -0.15) is 3.82 Å². The smallest absolute Gasteiger partial charge is 0.246 e. The second-order valence-electron chi connectivity index (χ2n) is 3.50. The van der Waals surface area contributed by atoms with Crippen molar-refractivity contribution in [2.24, 2.45) is 5.11 Å². The molecular weight excluding hydrogens is 280 g/mol. The van der Waals surface area contributed by atoms with E-state index in [4.69, 9.17) is 17.3 Å². The molecule has 1 aromatic rings. The monoisotopic (exact) mass is 290 g/mol. The van der Waals surface area contributed by atoms with E-state index in [-0.39, 0.29) is 12.2 Å². The van der Waals surface area contributed by atoms with E-state index in [0.29, 0.717) is 9.39 Å². The molecule has 0 saturated heterocycles. The van der Waals surface area contributed by atoms with Gasteiger partial charge in [-0.1, -0.05) is 17.2 Å². The first kappa shape index (κ1) is 14.6. The lowest BCUT2D eigenvalue weighted by molar-refractivity contribution is 0.187. The van der Waals surface area contributed by atoms with Crippen molar-refractivity contribution in [3.63, 3.8) is 0 Å². The predicted octanol–water partition coefficient (Wildman–Crippen LogP) is 1.95. The van der Waals surface area contributed by atoms with Crippen LogP contribution in [0.3, 0.4) is 0 Å². The van der Waals surface area contributed by atoms with E-state index in [0.717, 1.165) is 6.26 Å². The Balaban J connectivity index is 2.89. The molecule has 0 heterocycles. The predicted molar refractivity (Wildman–Crippen MR) is 68.6 cm³/mol. The minimum Gasteiger partial charge on any atom is -0.388 e. The van der Waals surface area contributed by atoms with Crippen molar-refractivity contribution in [3.05, 3.63) is 40.3 Å². The van der Waals surface area contributed by atoms with Gasteiger partial charge in [0.1, 0.15) is 0 Å². The van der Waals surface area contributed by atoms with Gasteiger partial charge in [-0.3, -0.25) is 0 Å². The molecule has 1 unspecified atom stereocenters. The van der Waals surface area contributed by atoms with Crippen molar-refractivity contribution >= 4 is 27.5 Å². The average Bonchev–Trinajstić information content (AvgIpc) is 2.34. The molecule has 0 fully saturated rings. The third-order valence-electron chi connectivity index (χ3n) is 2.09. The van der Waals surface area contributed by atoms with E-state index in [1.807, 2.05) is 0 Å². The Labute approximate surface area is 109 Å². The second kappa shape index (κ2) is 5.92. The number of hydrogen-bond acceptors (Lipinski definition) is 4. The molecule has 98 valence electrons. The number of sulfonamides is 1. The molecule has 0 aliphatic heterocycles. The zero-order valence-corrected chi connectivity index (χ0v) is 11.0. The number of aliphatic hydroxyl groups excluding tert-OH is 1. The van der Waals surface area contributed by atoms with Crippen molar-refractivity contribution < 1.29 is 13.5 Å². The lowest BCUT2D eigenvalue weighted by Gasteiger charge is -2.14. The number of nitrogens with zero attached hydrogens (tertiary/aromatic N) is 4. The highest BCUT2D eigenvalue weighted by atomic mass is 35.5. The fourth-order valence-corrected chi connectivity index (χ4v) is 1.84. The Morgan fingerprint density at radius 3 is 2.50 bits per heavy atom. The Kier molecular flexibility index (Phi) is 4.80. The molecule has 0 spiro atoms. The Morgan fingerprint density at radius 2 is 2.06 bits per heavy atom. The minimum atomic E-state index is -3.53. The molecule has 0 aromatic heterocycles. The Hall–Kier alpha value is -1.47. The first-order valence-corrected chi connectivity index (χ1v) is 7.00. The fourth-order valence-electron chi connectivity index (χ4n) is 1.22. The maximum absolute atomic E-state index is 11.2. The highest BCUT2D eigenvalue weighted by molar-refractivity contribution is 7.93. The minimum absolute atomic E-state index is 0.0908. The van der Waals surface area contributed by atoms with E-state index in [2.05, 4.69) is 10.0 Å². The molecule has 1 aromatic carbocycles. The van der Waals surface area contributed by atoms with Crippen LogP contribution in [-0.4, -0.2) is 26.3 Å². The number of azide groups is 1. The largest absolute Gasteiger partial charge is 0.388 e. The first-order valence-electron chi connectivity index (χ1n) is 4.81. The normalized spacial score (nSPS) is 12.6. The lowest BCUT2D eigenvalue weighted by Crippen LogP contribution is -2.19. The highest BCUT2D eigenvalue weighted by Crippen LogP contribution is 2.22. The van der Waals surface area contributed by atoms with Crippen LogP contribution >= 0.6 is 11.8 Å². The van der Waals surface area contributed by atoms with E-state index in [9.17, 15) is 13.5 Å². The molecule has 1 atom stereocenters. The average molecular weight is 291 g/mol. The third kappa shape index (κ3) is 3.78. The van der Waals surface area contributed by atoms with Crippen LogP contribution in [0.1, 0.15) is 11.7 Å². The van der Waals surface area contributed by atoms with Crippen LogP contribution in [0.2, 0.25) is 0 Å². The van der Waals surface area contributed by atoms with E-state index < -0.39 is 16.1 Å². The second-order valence-corrected chi connectivity index (χ2v) is 5.87. The van der Waals surface area contributed by atoms with Gasteiger partial charge in [0.15, 0.2) is 0 Å². The lowest BCUT2D eigenvalue weighted by atomic mass is 10.1. The van der Waals surface area contributed by atoms with Gasteiger partial charge in [0, 0.05) is 16.7 Å². The van der Waals surface area contributed by atoms with Gasteiger partial charge in [-0.05, 0) is 23.2 Å². The first-order chi connectivity index (χ1) is 8.36. The fraction of sp³-hybridized carbons (Fsp3) is 0.333. The third-order valence-corrected chi connectivity index (χ3v) is 3.83. The Morgan fingerprint density at radius 1 is 1.50 bits per heavy atom. The number of hydrogen-bond donors (Lipinski definition) is 1. The summed E-state index contributed by atoms with van der Waals surface area (Å²) < 4.78 is 23.0. The van der Waals surface area contributed by atoms with Crippen molar-refractivity contribution in [3.8, 4) is 0 Å². The highest BCUT2D eigenvalue weighted by Gasteiger charge is 2.15. The van der Waals surface area contributed by atoms with Gasteiger partial charge in [-0.25, -0.2) is 8.42 Å². The van der Waals surface area contributed by atoms with Gasteiger partial charge in [0.2, 0.25) is 10.0 Å². The quantitative estimate of drug-likeness (QED) is 0.387. The maximum atomic E-state index is 11.2. The summed E-state index contributed by atoms with van der Waals surface area (Å²) in [4.78, 5) is 2.54. The van der Waals surface area contributed by atoms with E-state index >= 15 is 0 Å². The molecule has 1 N–H and O–H groups in total. The zero-order valence-electron chi connectivity index (χ0n) is 9.43. The summed E-state index contributed by atoms with van der Waals surface area (Å²) in [7, 11) is -3.53. The van der Waals surface area contributed by atoms with Crippen LogP contribution in [-0.2, 0) is 10.0 Å². The Bertz CT molecular complexity index is 554. The summed E-state index contributed by atoms with van der Waals surface area (Å²) in [6.07, 6.45) is 0.0432. The molecule has 0 aliphatic rings. The number of benzene rings is 1. The summed E-state index contributed by atoms with van der Waals surface area (Å²) in [6.45, 7) is -0.0908. The van der Waals surface area contributed by atoms with Gasteiger partial charge in [0.25, 0.3) is 0 Å². The van der Waals surface area contributed by atoms with E-state index in [1.54, 1.807) is 0 Å². The van der Waals surface area contributed by atoms with Crippen molar-refractivity contribution in [2.45, 2.75) is 6.10 Å². The molecule has 1 rings (SSSR count). The molecule has 0 aliphatic carbocycles. The summed E-state index contributed by atoms with van der Waals surface area (Å²) >= 11 is 5.61.